The van der Waals surface area contributed by atoms with Crippen LogP contribution in [0.3, 0.4) is 0 Å². The van der Waals surface area contributed by atoms with E-state index < -0.39 is 59.5 Å². The second-order valence-electron chi connectivity index (χ2n) is 11.7. The Labute approximate surface area is 264 Å². The third-order valence-corrected chi connectivity index (χ3v) is 7.70. The summed E-state index contributed by atoms with van der Waals surface area (Å²) in [6.45, 7) is 8.81. The number of hydrogen-bond donors (Lipinski definition) is 4. The lowest BCUT2D eigenvalue weighted by Gasteiger charge is -2.34. The molecule has 4 atom stereocenters. The molecule has 242 valence electrons. The summed E-state index contributed by atoms with van der Waals surface area (Å²) in [7, 11) is 1.96. The van der Waals surface area contributed by atoms with Crippen molar-refractivity contribution >= 4 is 35.3 Å². The molecule has 0 aliphatic carbocycles. The highest BCUT2D eigenvalue weighted by molar-refractivity contribution is 6.38. The lowest BCUT2D eigenvalue weighted by Crippen LogP contribution is -2.58. The predicted molar refractivity (Wildman–Crippen MR) is 169 cm³/mol. The SMILES string of the molecule is CC(NC(=O)C(Cc1ccccc1)NC(=O)c1ccccc1)C(=O)NC(C(=O)C(=O)NC(C)C(=O)N1CCN(C)CC1)C(C)C. The molecule has 12 heteroatoms. The van der Waals surface area contributed by atoms with Crippen LogP contribution in [0.15, 0.2) is 60.7 Å². The van der Waals surface area contributed by atoms with E-state index in [1.807, 2.05) is 37.4 Å². The molecule has 1 aliphatic rings. The maximum absolute atomic E-state index is 13.3. The molecule has 45 heavy (non-hydrogen) atoms. The molecular formula is C33H44N6O6. The fourth-order valence-electron chi connectivity index (χ4n) is 4.85. The summed E-state index contributed by atoms with van der Waals surface area (Å²) in [4.78, 5) is 81.9. The summed E-state index contributed by atoms with van der Waals surface area (Å²) in [5.74, 6) is -4.34. The number of piperazine rings is 1. The number of rotatable bonds is 13. The van der Waals surface area contributed by atoms with Crippen molar-refractivity contribution in [3.63, 3.8) is 0 Å². The standard InChI is InChI=1S/C33H44N6O6/c1-21(2)27(28(40)32(44)35-23(4)33(45)39-18-16-38(5)17-19-39)37-29(41)22(3)34-31(43)26(20-24-12-8-6-9-13-24)36-30(42)25-14-10-7-11-15-25/h6-15,21-23,26-27H,16-20H2,1-5H3,(H,34,43)(H,35,44)(H,36,42)(H,37,41). The van der Waals surface area contributed by atoms with Gasteiger partial charge in [-0.15, -0.1) is 0 Å². The minimum absolute atomic E-state index is 0.178. The van der Waals surface area contributed by atoms with Crippen LogP contribution in [0.5, 0.6) is 0 Å². The normalized spacial score (nSPS) is 16.1. The van der Waals surface area contributed by atoms with Gasteiger partial charge in [-0.1, -0.05) is 62.4 Å². The quantitative estimate of drug-likeness (QED) is 0.238. The van der Waals surface area contributed by atoms with Crippen molar-refractivity contribution in [3.05, 3.63) is 71.8 Å². The summed E-state index contributed by atoms with van der Waals surface area (Å²) in [6.07, 6.45) is 0.178. The van der Waals surface area contributed by atoms with Gasteiger partial charge < -0.3 is 31.1 Å². The van der Waals surface area contributed by atoms with E-state index in [0.717, 1.165) is 5.56 Å². The van der Waals surface area contributed by atoms with Crippen LogP contribution in [0, 0.1) is 5.92 Å². The molecule has 4 N–H and O–H groups in total. The largest absolute Gasteiger partial charge is 0.344 e. The topological polar surface area (TPSA) is 157 Å². The molecule has 0 saturated carbocycles. The average molecular weight is 621 g/mol. The van der Waals surface area contributed by atoms with Gasteiger partial charge in [-0.05, 0) is 44.5 Å². The highest BCUT2D eigenvalue weighted by Crippen LogP contribution is 2.09. The molecule has 12 nitrogen and oxygen atoms in total. The number of amides is 5. The molecule has 0 spiro atoms. The van der Waals surface area contributed by atoms with Crippen LogP contribution < -0.4 is 21.3 Å². The number of carbonyl (C=O) groups excluding carboxylic acids is 6. The van der Waals surface area contributed by atoms with Gasteiger partial charge in [-0.2, -0.15) is 0 Å². The van der Waals surface area contributed by atoms with Gasteiger partial charge in [0.2, 0.25) is 23.5 Å². The minimum atomic E-state index is -1.19. The van der Waals surface area contributed by atoms with Crippen molar-refractivity contribution in [2.45, 2.75) is 58.3 Å². The Balaban J connectivity index is 1.62. The summed E-state index contributed by atoms with van der Waals surface area (Å²) in [5, 5.41) is 10.4. The van der Waals surface area contributed by atoms with E-state index in [1.54, 1.807) is 49.1 Å². The number of benzene rings is 2. The first-order valence-electron chi connectivity index (χ1n) is 15.2. The number of likely N-dealkylation sites (N-methyl/N-ethyl adjacent to an activating group) is 1. The Morgan fingerprint density at radius 2 is 1.27 bits per heavy atom. The van der Waals surface area contributed by atoms with Gasteiger partial charge in [-0.25, -0.2) is 0 Å². The fourth-order valence-corrected chi connectivity index (χ4v) is 4.85. The molecule has 0 bridgehead atoms. The lowest BCUT2D eigenvalue weighted by atomic mass is 9.98. The lowest BCUT2D eigenvalue weighted by molar-refractivity contribution is -0.143. The Kier molecular flexibility index (Phi) is 12.8. The predicted octanol–water partition coefficient (Wildman–Crippen LogP) is 0.521. The number of ketones is 1. The number of hydrogen-bond acceptors (Lipinski definition) is 7. The van der Waals surface area contributed by atoms with Crippen molar-refractivity contribution in [1.82, 2.24) is 31.1 Å². The van der Waals surface area contributed by atoms with Crippen molar-refractivity contribution in [3.8, 4) is 0 Å². The maximum atomic E-state index is 13.3. The molecular weight excluding hydrogens is 576 g/mol. The first-order valence-corrected chi connectivity index (χ1v) is 15.2. The highest BCUT2D eigenvalue weighted by atomic mass is 16.2. The molecule has 0 aromatic heterocycles. The summed E-state index contributed by atoms with van der Waals surface area (Å²) in [6, 6.07) is 13.4. The van der Waals surface area contributed by atoms with Crippen LogP contribution in [0.4, 0.5) is 0 Å². The zero-order chi connectivity index (χ0) is 33.1. The van der Waals surface area contributed by atoms with Crippen LogP contribution in [0.2, 0.25) is 0 Å². The van der Waals surface area contributed by atoms with Crippen LogP contribution in [0.25, 0.3) is 0 Å². The van der Waals surface area contributed by atoms with Crippen molar-refractivity contribution in [2.75, 3.05) is 33.2 Å². The second-order valence-corrected chi connectivity index (χ2v) is 11.7. The van der Waals surface area contributed by atoms with Crippen molar-refractivity contribution in [1.29, 1.82) is 0 Å². The Morgan fingerprint density at radius 1 is 0.689 bits per heavy atom. The number of carbonyl (C=O) groups is 6. The van der Waals surface area contributed by atoms with E-state index in [9.17, 15) is 28.8 Å². The molecule has 1 aliphatic heterocycles. The molecule has 2 aromatic carbocycles. The summed E-state index contributed by atoms with van der Waals surface area (Å²) >= 11 is 0. The van der Waals surface area contributed by atoms with E-state index in [-0.39, 0.29) is 12.3 Å². The molecule has 3 rings (SSSR count). The second kappa shape index (κ2) is 16.5. The number of Topliss-reactive ketones (excluding diaryl/α,β-unsaturated/α-hetero) is 1. The third kappa shape index (κ3) is 10.2. The molecule has 0 radical (unpaired) electrons. The summed E-state index contributed by atoms with van der Waals surface area (Å²) in [5.41, 5.74) is 1.19. The van der Waals surface area contributed by atoms with E-state index >= 15 is 0 Å². The Hall–Kier alpha value is -4.58. The smallest absolute Gasteiger partial charge is 0.290 e. The van der Waals surface area contributed by atoms with Gasteiger partial charge in [0.15, 0.2) is 0 Å². The van der Waals surface area contributed by atoms with E-state index in [1.165, 1.54) is 13.8 Å². The highest BCUT2D eigenvalue weighted by Gasteiger charge is 2.34. The fraction of sp³-hybridized carbons (Fsp3) is 0.455. The first kappa shape index (κ1) is 34.9. The zero-order valence-corrected chi connectivity index (χ0v) is 26.5. The minimum Gasteiger partial charge on any atom is -0.344 e. The monoisotopic (exact) mass is 620 g/mol. The van der Waals surface area contributed by atoms with Gasteiger partial charge in [-0.3, -0.25) is 28.8 Å². The maximum Gasteiger partial charge on any atom is 0.290 e. The molecule has 4 unspecified atom stereocenters. The van der Waals surface area contributed by atoms with Gasteiger partial charge in [0.25, 0.3) is 11.8 Å². The number of nitrogens with one attached hydrogen (secondary N) is 4. The summed E-state index contributed by atoms with van der Waals surface area (Å²) < 4.78 is 0. The molecule has 5 amide bonds. The van der Waals surface area contributed by atoms with Crippen LogP contribution >= 0.6 is 0 Å². The van der Waals surface area contributed by atoms with Crippen molar-refractivity contribution in [2.24, 2.45) is 5.92 Å². The molecule has 2 aromatic rings. The number of nitrogens with zero attached hydrogens (tertiary/aromatic N) is 2. The van der Waals surface area contributed by atoms with E-state index in [2.05, 4.69) is 26.2 Å². The van der Waals surface area contributed by atoms with Gasteiger partial charge in [0, 0.05) is 38.2 Å². The van der Waals surface area contributed by atoms with Crippen LogP contribution in [0.1, 0.15) is 43.6 Å². The van der Waals surface area contributed by atoms with E-state index in [4.69, 9.17) is 0 Å². The Morgan fingerprint density at radius 3 is 1.84 bits per heavy atom. The third-order valence-electron chi connectivity index (χ3n) is 7.70. The van der Waals surface area contributed by atoms with E-state index in [0.29, 0.717) is 31.7 Å². The molecule has 1 heterocycles. The molecule has 1 saturated heterocycles. The van der Waals surface area contributed by atoms with Gasteiger partial charge in [0.1, 0.15) is 18.1 Å². The van der Waals surface area contributed by atoms with Gasteiger partial charge in [0.05, 0.1) is 6.04 Å². The van der Waals surface area contributed by atoms with Crippen LogP contribution in [-0.4, -0.2) is 103 Å². The Bertz CT molecular complexity index is 1340. The average Bonchev–Trinajstić information content (AvgIpc) is 3.03. The van der Waals surface area contributed by atoms with Crippen LogP contribution in [-0.2, 0) is 30.4 Å². The van der Waals surface area contributed by atoms with Crippen molar-refractivity contribution < 1.29 is 28.8 Å². The zero-order valence-electron chi connectivity index (χ0n) is 26.5. The first-order chi connectivity index (χ1) is 21.4. The molecule has 1 fully saturated rings. The van der Waals surface area contributed by atoms with Gasteiger partial charge >= 0.3 is 0 Å².